The normalized spacial score (nSPS) is 21.4. The lowest BCUT2D eigenvalue weighted by Gasteiger charge is -2.26. The van der Waals surface area contributed by atoms with E-state index in [0.29, 0.717) is 0 Å². The fourth-order valence-electron chi connectivity index (χ4n) is 3.08. The molecular weight excluding hydrogens is 237 g/mol. The first-order chi connectivity index (χ1) is 9.08. The first kappa shape index (κ1) is 12.4. The molecule has 2 heteroatoms. The Morgan fingerprint density at radius 3 is 2.79 bits per heavy atom. The average molecular weight is 255 g/mol. The molecule has 1 aliphatic carbocycles. The number of benzene rings is 2. The first-order valence-electron chi connectivity index (χ1n) is 6.71. The minimum absolute atomic E-state index is 0.168. The Labute approximate surface area is 113 Å². The molecule has 0 aliphatic heterocycles. The van der Waals surface area contributed by atoms with E-state index in [1.807, 2.05) is 18.2 Å². The summed E-state index contributed by atoms with van der Waals surface area (Å²) in [5.41, 5.74) is 11.0. The van der Waals surface area contributed by atoms with E-state index in [1.54, 1.807) is 6.07 Å². The predicted octanol–water partition coefficient (Wildman–Crippen LogP) is 3.48. The van der Waals surface area contributed by atoms with Crippen molar-refractivity contribution in [2.24, 2.45) is 5.73 Å². The lowest BCUT2D eigenvalue weighted by atomic mass is 9.85. The third-order valence-corrected chi connectivity index (χ3v) is 4.21. The van der Waals surface area contributed by atoms with Gasteiger partial charge in [0, 0.05) is 5.54 Å². The van der Waals surface area contributed by atoms with Gasteiger partial charge in [-0.25, -0.2) is 4.39 Å². The molecule has 1 nitrogen and oxygen atoms in total. The number of fused-ring (bicyclic) bond motifs is 1. The van der Waals surface area contributed by atoms with Crippen LogP contribution in [0.2, 0.25) is 0 Å². The Bertz CT molecular complexity index is 620. The van der Waals surface area contributed by atoms with Gasteiger partial charge in [0.1, 0.15) is 5.82 Å². The van der Waals surface area contributed by atoms with Crippen LogP contribution in [0.3, 0.4) is 0 Å². The standard InChI is InChI=1S/C17H18FN/c1-12-4-2-3-5-14(12)11-17(19)9-8-13-10-15(18)6-7-16(13)17/h2-7,10H,8-9,11,19H2,1H3. The summed E-state index contributed by atoms with van der Waals surface area (Å²) in [4.78, 5) is 0. The van der Waals surface area contributed by atoms with E-state index in [0.717, 1.165) is 30.4 Å². The van der Waals surface area contributed by atoms with Crippen molar-refractivity contribution in [2.75, 3.05) is 0 Å². The smallest absolute Gasteiger partial charge is 0.123 e. The highest BCUT2D eigenvalue weighted by molar-refractivity contribution is 5.41. The second-order valence-corrected chi connectivity index (χ2v) is 5.56. The van der Waals surface area contributed by atoms with Gasteiger partial charge in [0.05, 0.1) is 0 Å². The summed E-state index contributed by atoms with van der Waals surface area (Å²) in [6.07, 6.45) is 2.58. The molecular formula is C17H18FN. The molecule has 0 amide bonds. The van der Waals surface area contributed by atoms with Gasteiger partial charge < -0.3 is 5.73 Å². The Balaban J connectivity index is 1.97. The fraction of sp³-hybridized carbons (Fsp3) is 0.294. The van der Waals surface area contributed by atoms with E-state index < -0.39 is 0 Å². The van der Waals surface area contributed by atoms with Crippen LogP contribution in [0.5, 0.6) is 0 Å². The van der Waals surface area contributed by atoms with Gasteiger partial charge >= 0.3 is 0 Å². The van der Waals surface area contributed by atoms with E-state index in [9.17, 15) is 4.39 Å². The number of hydrogen-bond acceptors (Lipinski definition) is 1. The van der Waals surface area contributed by atoms with Gasteiger partial charge in [-0.1, -0.05) is 30.3 Å². The quantitative estimate of drug-likeness (QED) is 0.873. The van der Waals surface area contributed by atoms with Crippen LogP contribution in [0.4, 0.5) is 4.39 Å². The molecule has 0 saturated carbocycles. The van der Waals surface area contributed by atoms with E-state index in [1.165, 1.54) is 17.2 Å². The number of nitrogens with two attached hydrogens (primary N) is 1. The van der Waals surface area contributed by atoms with Crippen molar-refractivity contribution in [3.05, 3.63) is 70.5 Å². The van der Waals surface area contributed by atoms with Crippen LogP contribution in [0.15, 0.2) is 42.5 Å². The van der Waals surface area contributed by atoms with Crippen LogP contribution in [0, 0.1) is 12.7 Å². The maximum atomic E-state index is 13.3. The second kappa shape index (κ2) is 4.46. The molecule has 0 spiro atoms. The van der Waals surface area contributed by atoms with Gasteiger partial charge in [0.2, 0.25) is 0 Å². The lowest BCUT2D eigenvalue weighted by molar-refractivity contribution is 0.438. The largest absolute Gasteiger partial charge is 0.321 e. The van der Waals surface area contributed by atoms with Gasteiger partial charge in [-0.3, -0.25) is 0 Å². The van der Waals surface area contributed by atoms with Crippen LogP contribution >= 0.6 is 0 Å². The van der Waals surface area contributed by atoms with Gasteiger partial charge in [-0.15, -0.1) is 0 Å². The topological polar surface area (TPSA) is 26.0 Å². The van der Waals surface area contributed by atoms with Crippen molar-refractivity contribution in [1.82, 2.24) is 0 Å². The zero-order chi connectivity index (χ0) is 13.5. The van der Waals surface area contributed by atoms with Crippen molar-refractivity contribution >= 4 is 0 Å². The highest BCUT2D eigenvalue weighted by Gasteiger charge is 2.35. The van der Waals surface area contributed by atoms with Crippen molar-refractivity contribution < 1.29 is 4.39 Å². The summed E-state index contributed by atoms with van der Waals surface area (Å²) < 4.78 is 13.3. The van der Waals surface area contributed by atoms with E-state index in [2.05, 4.69) is 19.1 Å². The minimum Gasteiger partial charge on any atom is -0.321 e. The zero-order valence-electron chi connectivity index (χ0n) is 11.1. The molecule has 1 unspecified atom stereocenters. The molecule has 1 aliphatic rings. The van der Waals surface area contributed by atoms with Crippen LogP contribution in [-0.2, 0) is 18.4 Å². The molecule has 0 radical (unpaired) electrons. The molecule has 98 valence electrons. The Hall–Kier alpha value is -1.67. The first-order valence-corrected chi connectivity index (χ1v) is 6.71. The van der Waals surface area contributed by atoms with E-state index in [4.69, 9.17) is 5.73 Å². The molecule has 2 aromatic rings. The molecule has 3 rings (SSSR count). The molecule has 2 N–H and O–H groups in total. The van der Waals surface area contributed by atoms with Crippen molar-refractivity contribution in [3.63, 3.8) is 0 Å². The Morgan fingerprint density at radius 1 is 1.21 bits per heavy atom. The second-order valence-electron chi connectivity index (χ2n) is 5.56. The lowest BCUT2D eigenvalue weighted by Crippen LogP contribution is -2.36. The monoisotopic (exact) mass is 255 g/mol. The van der Waals surface area contributed by atoms with E-state index in [-0.39, 0.29) is 11.4 Å². The predicted molar refractivity (Wildman–Crippen MR) is 75.5 cm³/mol. The highest BCUT2D eigenvalue weighted by atomic mass is 19.1. The summed E-state index contributed by atoms with van der Waals surface area (Å²) >= 11 is 0. The highest BCUT2D eigenvalue weighted by Crippen LogP contribution is 2.38. The van der Waals surface area contributed by atoms with Gasteiger partial charge in [0.15, 0.2) is 0 Å². The summed E-state index contributed by atoms with van der Waals surface area (Å²) in [6, 6.07) is 13.3. The van der Waals surface area contributed by atoms with Gasteiger partial charge in [-0.05, 0) is 60.6 Å². The van der Waals surface area contributed by atoms with Crippen LogP contribution in [-0.4, -0.2) is 0 Å². The zero-order valence-corrected chi connectivity index (χ0v) is 11.1. The maximum absolute atomic E-state index is 13.3. The average Bonchev–Trinajstić information content (AvgIpc) is 2.70. The molecule has 0 heterocycles. The Morgan fingerprint density at radius 2 is 2.00 bits per heavy atom. The van der Waals surface area contributed by atoms with Gasteiger partial charge in [-0.2, -0.15) is 0 Å². The fourth-order valence-corrected chi connectivity index (χ4v) is 3.08. The molecule has 0 bridgehead atoms. The number of hydrogen-bond donors (Lipinski definition) is 1. The van der Waals surface area contributed by atoms with Crippen LogP contribution < -0.4 is 5.73 Å². The van der Waals surface area contributed by atoms with Crippen molar-refractivity contribution in [1.29, 1.82) is 0 Å². The Kier molecular flexibility index (Phi) is 2.90. The molecule has 0 saturated heterocycles. The van der Waals surface area contributed by atoms with E-state index >= 15 is 0 Å². The number of aryl methyl sites for hydroxylation is 2. The van der Waals surface area contributed by atoms with Crippen molar-refractivity contribution in [3.8, 4) is 0 Å². The molecule has 19 heavy (non-hydrogen) atoms. The van der Waals surface area contributed by atoms with Crippen LogP contribution in [0.1, 0.15) is 28.7 Å². The summed E-state index contributed by atoms with van der Waals surface area (Å²) in [6.45, 7) is 2.11. The summed E-state index contributed by atoms with van der Waals surface area (Å²) in [5, 5.41) is 0. The molecule has 1 atom stereocenters. The summed E-state index contributed by atoms with van der Waals surface area (Å²) in [5.74, 6) is -0.168. The SMILES string of the molecule is Cc1ccccc1CC1(N)CCc2cc(F)ccc21. The molecule has 0 fully saturated rings. The number of rotatable bonds is 2. The summed E-state index contributed by atoms with van der Waals surface area (Å²) in [7, 11) is 0. The molecule has 0 aromatic heterocycles. The third-order valence-electron chi connectivity index (χ3n) is 4.21. The molecule has 2 aromatic carbocycles. The maximum Gasteiger partial charge on any atom is 0.123 e. The van der Waals surface area contributed by atoms with Gasteiger partial charge in [0.25, 0.3) is 0 Å². The van der Waals surface area contributed by atoms with Crippen LogP contribution in [0.25, 0.3) is 0 Å². The third kappa shape index (κ3) is 2.17. The number of halogens is 1. The van der Waals surface area contributed by atoms with Crippen molar-refractivity contribution in [2.45, 2.75) is 31.7 Å². The minimum atomic E-state index is -0.352.